The summed E-state index contributed by atoms with van der Waals surface area (Å²) in [7, 11) is 0. The van der Waals surface area contributed by atoms with Gasteiger partial charge >= 0.3 is 0 Å². The molecule has 1 aromatic rings. The number of allylic oxidation sites excluding steroid dienone is 8. The Morgan fingerprint density at radius 2 is 1.86 bits per heavy atom. The van der Waals surface area contributed by atoms with Crippen molar-refractivity contribution in [1.29, 1.82) is 0 Å². The molecular weight excluding hydrogens is 436 g/mol. The summed E-state index contributed by atoms with van der Waals surface area (Å²) in [4.78, 5) is 7.23. The molecule has 0 bridgehead atoms. The second-order valence-electron chi connectivity index (χ2n) is 10.7. The Kier molecular flexibility index (Phi) is 11.6. The van der Waals surface area contributed by atoms with Crippen LogP contribution < -0.4 is 0 Å². The molecule has 1 aromatic carbocycles. The van der Waals surface area contributed by atoms with Crippen molar-refractivity contribution in [2.75, 3.05) is 19.8 Å². The average molecular weight is 485 g/mol. The summed E-state index contributed by atoms with van der Waals surface area (Å²) in [6.07, 6.45) is 14.0. The monoisotopic (exact) mass is 484 g/mol. The Hall–Kier alpha value is -2.71. The van der Waals surface area contributed by atoms with E-state index in [0.717, 1.165) is 49.3 Å². The van der Waals surface area contributed by atoms with E-state index in [2.05, 4.69) is 102 Å². The molecule has 1 aliphatic heterocycles. The van der Waals surface area contributed by atoms with Crippen LogP contribution >= 0.6 is 0 Å². The van der Waals surface area contributed by atoms with Gasteiger partial charge in [-0.05, 0) is 110 Å². The van der Waals surface area contributed by atoms with Gasteiger partial charge in [0, 0.05) is 19.3 Å². The van der Waals surface area contributed by atoms with E-state index in [1.54, 1.807) is 0 Å². The highest BCUT2D eigenvalue weighted by Gasteiger charge is 2.19. The van der Waals surface area contributed by atoms with Crippen LogP contribution in [0.15, 0.2) is 77.9 Å². The Labute approximate surface area is 221 Å². The summed E-state index contributed by atoms with van der Waals surface area (Å²) >= 11 is 0. The first-order valence-electron chi connectivity index (χ1n) is 13.5. The van der Waals surface area contributed by atoms with Gasteiger partial charge in [0.25, 0.3) is 0 Å². The van der Waals surface area contributed by atoms with Crippen molar-refractivity contribution in [2.45, 2.75) is 67.7 Å². The minimum atomic E-state index is 0.603. The highest BCUT2D eigenvalue weighted by molar-refractivity contribution is 6.10. The number of rotatable bonds is 12. The summed E-state index contributed by atoms with van der Waals surface area (Å²) in [6.45, 7) is 30.5. The first-order chi connectivity index (χ1) is 17.1. The van der Waals surface area contributed by atoms with Gasteiger partial charge in [0.05, 0.1) is 6.67 Å². The zero-order valence-corrected chi connectivity index (χ0v) is 24.0. The maximum atomic E-state index is 4.82. The van der Waals surface area contributed by atoms with E-state index >= 15 is 0 Å². The van der Waals surface area contributed by atoms with Crippen molar-refractivity contribution in [1.82, 2.24) is 4.90 Å². The fourth-order valence-corrected chi connectivity index (χ4v) is 4.94. The van der Waals surface area contributed by atoms with Crippen molar-refractivity contribution in [3.8, 4) is 0 Å². The molecule has 0 aliphatic carbocycles. The Bertz CT molecular complexity index is 1070. The lowest BCUT2D eigenvalue weighted by Crippen LogP contribution is -2.20. The van der Waals surface area contributed by atoms with Crippen LogP contribution in [0.2, 0.25) is 0 Å². The van der Waals surface area contributed by atoms with Crippen molar-refractivity contribution in [2.24, 2.45) is 16.8 Å². The third kappa shape index (κ3) is 8.17. The number of benzene rings is 1. The number of hydrogen-bond acceptors (Lipinski definition) is 2. The van der Waals surface area contributed by atoms with Crippen LogP contribution in [0.1, 0.15) is 76.6 Å². The largest absolute Gasteiger partial charge is 0.284 e. The highest BCUT2D eigenvalue weighted by Crippen LogP contribution is 2.30. The summed E-state index contributed by atoms with van der Waals surface area (Å²) in [5.74, 6) is 1.26. The van der Waals surface area contributed by atoms with Gasteiger partial charge in [0.2, 0.25) is 0 Å². The summed E-state index contributed by atoms with van der Waals surface area (Å²) in [5, 5.41) is 0. The first kappa shape index (κ1) is 29.5. The molecule has 1 atom stereocenters. The molecule has 0 spiro atoms. The maximum Gasteiger partial charge on any atom is 0.0909 e. The van der Waals surface area contributed by atoms with Gasteiger partial charge in [-0.1, -0.05) is 69.0 Å². The predicted octanol–water partition coefficient (Wildman–Crippen LogP) is 9.01. The lowest BCUT2D eigenvalue weighted by Gasteiger charge is -2.18. The van der Waals surface area contributed by atoms with Crippen molar-refractivity contribution >= 4 is 17.4 Å². The SMILES string of the molecule is C=CC1CCN(CN=C/C(=C\C)c2cc(CCC(C)C)c(/C(C)=C/C(=C)/C(=C\C)C(=C)C)cc2C)C1. The van der Waals surface area contributed by atoms with Gasteiger partial charge in [-0.15, -0.1) is 6.58 Å². The van der Waals surface area contributed by atoms with E-state index in [0.29, 0.717) is 11.8 Å². The molecule has 0 aromatic heterocycles. The van der Waals surface area contributed by atoms with E-state index in [9.17, 15) is 0 Å². The molecular formula is C34H48N2. The molecule has 0 saturated carbocycles. The van der Waals surface area contributed by atoms with Crippen LogP contribution in [0.25, 0.3) is 11.1 Å². The maximum absolute atomic E-state index is 4.82. The molecule has 2 heteroatoms. The van der Waals surface area contributed by atoms with Crippen molar-refractivity contribution < 1.29 is 0 Å². The van der Waals surface area contributed by atoms with E-state index in [1.165, 1.54) is 39.8 Å². The third-order valence-electron chi connectivity index (χ3n) is 7.13. The third-order valence-corrected chi connectivity index (χ3v) is 7.13. The molecule has 1 unspecified atom stereocenters. The number of aliphatic imine (C=N–C) groups is 1. The Morgan fingerprint density at radius 1 is 1.14 bits per heavy atom. The molecule has 1 fully saturated rings. The van der Waals surface area contributed by atoms with Gasteiger partial charge in [-0.3, -0.25) is 9.89 Å². The van der Waals surface area contributed by atoms with E-state index in [4.69, 9.17) is 4.99 Å². The lowest BCUT2D eigenvalue weighted by atomic mass is 9.87. The Balaban J connectivity index is 2.38. The van der Waals surface area contributed by atoms with Crippen LogP contribution in [-0.2, 0) is 6.42 Å². The van der Waals surface area contributed by atoms with Gasteiger partial charge in [0.1, 0.15) is 0 Å². The van der Waals surface area contributed by atoms with E-state index < -0.39 is 0 Å². The second-order valence-corrected chi connectivity index (χ2v) is 10.7. The fraction of sp³-hybridized carbons (Fsp3) is 0.441. The zero-order valence-electron chi connectivity index (χ0n) is 24.0. The molecule has 36 heavy (non-hydrogen) atoms. The predicted molar refractivity (Wildman–Crippen MR) is 163 cm³/mol. The number of nitrogens with zero attached hydrogens (tertiary/aromatic N) is 2. The van der Waals surface area contributed by atoms with Gasteiger partial charge in [0.15, 0.2) is 0 Å². The molecule has 1 aliphatic rings. The molecule has 1 heterocycles. The number of likely N-dealkylation sites (tertiary alicyclic amines) is 1. The lowest BCUT2D eigenvalue weighted by molar-refractivity contribution is 0.344. The Morgan fingerprint density at radius 3 is 2.42 bits per heavy atom. The fourth-order valence-electron chi connectivity index (χ4n) is 4.94. The summed E-state index contributed by atoms with van der Waals surface area (Å²) < 4.78 is 0. The van der Waals surface area contributed by atoms with Crippen LogP contribution in [0.3, 0.4) is 0 Å². The standard InChI is InChI=1S/C34H48N2/c1-11-29-16-17-36(22-29)23-35-21-30(12-2)34-20-31(15-14-24(4)5)33(19-28(34)10)27(9)18-26(8)32(13-3)25(6)7/h11-13,18-21,24,29H,1,6,8,14-17,22-23H2,2-5,7,9-10H3/b27-18+,30-12+,32-13-,35-21?. The number of hydrogen-bond donors (Lipinski definition) is 0. The average Bonchev–Trinajstić information content (AvgIpc) is 3.29. The molecule has 194 valence electrons. The topological polar surface area (TPSA) is 15.6 Å². The molecule has 2 nitrogen and oxygen atoms in total. The van der Waals surface area contributed by atoms with Crippen LogP contribution in [0.5, 0.6) is 0 Å². The molecule has 0 amide bonds. The molecule has 1 saturated heterocycles. The normalized spacial score (nSPS) is 17.9. The van der Waals surface area contributed by atoms with Crippen LogP contribution in [0, 0.1) is 18.8 Å². The van der Waals surface area contributed by atoms with E-state index in [1.807, 2.05) is 13.8 Å². The quantitative estimate of drug-likeness (QED) is 0.164. The van der Waals surface area contributed by atoms with Crippen molar-refractivity contribution in [3.05, 3.63) is 95.1 Å². The highest BCUT2D eigenvalue weighted by atomic mass is 15.2. The van der Waals surface area contributed by atoms with Crippen molar-refractivity contribution in [3.63, 3.8) is 0 Å². The summed E-state index contributed by atoms with van der Waals surface area (Å²) in [6, 6.07) is 4.75. The first-order valence-corrected chi connectivity index (χ1v) is 13.5. The van der Waals surface area contributed by atoms with Crippen LogP contribution in [0.4, 0.5) is 0 Å². The number of aryl methyl sites for hydroxylation is 2. The van der Waals surface area contributed by atoms with Gasteiger partial charge in [-0.2, -0.15) is 0 Å². The second kappa shape index (κ2) is 14.1. The minimum Gasteiger partial charge on any atom is -0.284 e. The molecule has 0 N–H and O–H groups in total. The molecule has 0 radical (unpaired) electrons. The smallest absolute Gasteiger partial charge is 0.0909 e. The van der Waals surface area contributed by atoms with Gasteiger partial charge < -0.3 is 0 Å². The van der Waals surface area contributed by atoms with Gasteiger partial charge in [-0.25, -0.2) is 0 Å². The van der Waals surface area contributed by atoms with Crippen LogP contribution in [-0.4, -0.2) is 30.9 Å². The van der Waals surface area contributed by atoms with E-state index in [-0.39, 0.29) is 0 Å². The minimum absolute atomic E-state index is 0.603. The summed E-state index contributed by atoms with van der Waals surface area (Å²) in [5.41, 5.74) is 10.9. The zero-order chi connectivity index (χ0) is 26.8. The molecule has 2 rings (SSSR count).